The van der Waals surface area contributed by atoms with Crippen molar-refractivity contribution in [2.24, 2.45) is 0 Å². The topological polar surface area (TPSA) is 17.1 Å². The maximum Gasteiger partial charge on any atom is 0.150 e. The number of hydrogen-bond acceptors (Lipinski definition) is 1. The van der Waals surface area contributed by atoms with Crippen LogP contribution in [-0.2, 0) is 6.42 Å². The maximum atomic E-state index is 11.4. The van der Waals surface area contributed by atoms with E-state index in [1.807, 2.05) is 6.07 Å². The highest BCUT2D eigenvalue weighted by Gasteiger charge is 2.12. The maximum absolute atomic E-state index is 11.4. The van der Waals surface area contributed by atoms with Crippen LogP contribution in [0.2, 0.25) is 0 Å². The van der Waals surface area contributed by atoms with Gasteiger partial charge in [-0.3, -0.25) is 4.79 Å². The summed E-state index contributed by atoms with van der Waals surface area (Å²) in [5.74, 6) is 0. The fraction of sp³-hybridized carbons (Fsp3) is 0.105. The van der Waals surface area contributed by atoms with Crippen molar-refractivity contribution < 1.29 is 4.79 Å². The second-order valence-corrected chi connectivity index (χ2v) is 5.28. The molecule has 0 heterocycles. The Morgan fingerprint density at radius 1 is 0.900 bits per heavy atom. The van der Waals surface area contributed by atoms with Crippen LogP contribution in [0.5, 0.6) is 0 Å². The van der Waals surface area contributed by atoms with Crippen LogP contribution in [0.15, 0.2) is 48.5 Å². The predicted molar refractivity (Wildman–Crippen MR) is 84.9 cm³/mol. The lowest BCUT2D eigenvalue weighted by Gasteiger charge is -2.14. The average Bonchev–Trinajstić information content (AvgIpc) is 2.52. The third kappa shape index (κ3) is 1.35. The SMILES string of the molecule is CCc1cc(C=O)c2ccc3cccc4ccc1c2c34. The van der Waals surface area contributed by atoms with Gasteiger partial charge in [-0.05, 0) is 50.4 Å². The van der Waals surface area contributed by atoms with Crippen molar-refractivity contribution in [3.63, 3.8) is 0 Å². The molecule has 0 amide bonds. The van der Waals surface area contributed by atoms with Gasteiger partial charge < -0.3 is 0 Å². The lowest BCUT2D eigenvalue weighted by atomic mass is 9.89. The number of carbonyl (C=O) groups excluding carboxylic acids is 1. The van der Waals surface area contributed by atoms with Gasteiger partial charge in [-0.1, -0.05) is 49.4 Å². The first-order valence-corrected chi connectivity index (χ1v) is 6.98. The first-order chi connectivity index (χ1) is 9.83. The highest BCUT2D eigenvalue weighted by molar-refractivity contribution is 6.25. The Kier molecular flexibility index (Phi) is 2.31. The van der Waals surface area contributed by atoms with Gasteiger partial charge in [0.15, 0.2) is 6.29 Å². The van der Waals surface area contributed by atoms with Crippen LogP contribution in [0.3, 0.4) is 0 Å². The molecule has 0 aromatic heterocycles. The van der Waals surface area contributed by atoms with Gasteiger partial charge in [0.05, 0.1) is 0 Å². The van der Waals surface area contributed by atoms with Crippen molar-refractivity contribution >= 4 is 38.6 Å². The van der Waals surface area contributed by atoms with Gasteiger partial charge in [-0.2, -0.15) is 0 Å². The minimum absolute atomic E-state index is 0.799. The molecule has 0 aliphatic carbocycles. The van der Waals surface area contributed by atoms with Gasteiger partial charge in [0.25, 0.3) is 0 Å². The summed E-state index contributed by atoms with van der Waals surface area (Å²) in [5, 5.41) is 7.34. The molecule has 0 saturated heterocycles. The van der Waals surface area contributed by atoms with Gasteiger partial charge in [-0.15, -0.1) is 0 Å². The summed E-state index contributed by atoms with van der Waals surface area (Å²) in [6, 6.07) is 17.0. The van der Waals surface area contributed by atoms with E-state index in [1.54, 1.807) is 0 Å². The second-order valence-electron chi connectivity index (χ2n) is 5.28. The molecule has 0 fully saturated rings. The van der Waals surface area contributed by atoms with Crippen LogP contribution in [0.4, 0.5) is 0 Å². The van der Waals surface area contributed by atoms with Crippen LogP contribution >= 0.6 is 0 Å². The number of benzene rings is 4. The molecular formula is C19H14O. The lowest BCUT2D eigenvalue weighted by Crippen LogP contribution is -1.93. The fourth-order valence-electron chi connectivity index (χ4n) is 3.32. The Bertz CT molecular complexity index is 934. The highest BCUT2D eigenvalue weighted by atomic mass is 16.1. The monoisotopic (exact) mass is 258 g/mol. The summed E-state index contributed by atoms with van der Waals surface area (Å²) in [5.41, 5.74) is 2.05. The van der Waals surface area contributed by atoms with Crippen LogP contribution in [-0.4, -0.2) is 6.29 Å². The van der Waals surface area contributed by atoms with Crippen molar-refractivity contribution in [3.8, 4) is 0 Å². The van der Waals surface area contributed by atoms with E-state index in [1.165, 1.54) is 32.5 Å². The number of carbonyl (C=O) groups is 1. The summed E-state index contributed by atoms with van der Waals surface area (Å²) >= 11 is 0. The van der Waals surface area contributed by atoms with Crippen molar-refractivity contribution in [1.82, 2.24) is 0 Å². The number of hydrogen-bond donors (Lipinski definition) is 0. The van der Waals surface area contributed by atoms with E-state index in [4.69, 9.17) is 0 Å². The molecule has 1 nitrogen and oxygen atoms in total. The predicted octanol–water partition coefficient (Wildman–Crippen LogP) is 4.96. The summed E-state index contributed by atoms with van der Waals surface area (Å²) < 4.78 is 0. The minimum Gasteiger partial charge on any atom is -0.298 e. The first kappa shape index (κ1) is 11.4. The molecule has 0 unspecified atom stereocenters. The molecule has 0 N–H and O–H groups in total. The standard InChI is InChI=1S/C19H14O/c1-2-12-10-15(11-20)17-9-7-14-5-3-4-13-6-8-16(12)19(17)18(13)14/h3-11H,2H2,1H3. The smallest absolute Gasteiger partial charge is 0.150 e. The number of aldehydes is 1. The Morgan fingerprint density at radius 3 is 2.25 bits per heavy atom. The quantitative estimate of drug-likeness (QED) is 0.367. The molecule has 96 valence electrons. The molecule has 20 heavy (non-hydrogen) atoms. The highest BCUT2D eigenvalue weighted by Crippen LogP contribution is 2.37. The van der Waals surface area contributed by atoms with Gasteiger partial charge in [0, 0.05) is 5.56 Å². The van der Waals surface area contributed by atoms with Gasteiger partial charge in [-0.25, -0.2) is 0 Å². The van der Waals surface area contributed by atoms with Crippen molar-refractivity contribution in [3.05, 3.63) is 59.7 Å². The van der Waals surface area contributed by atoms with E-state index in [-0.39, 0.29) is 0 Å². The number of aryl methyl sites for hydroxylation is 1. The van der Waals surface area contributed by atoms with Crippen molar-refractivity contribution in [2.45, 2.75) is 13.3 Å². The van der Waals surface area contributed by atoms with Gasteiger partial charge in [0.2, 0.25) is 0 Å². The molecule has 0 bridgehead atoms. The molecule has 0 aliphatic rings. The summed E-state index contributed by atoms with van der Waals surface area (Å²) in [6.45, 7) is 2.14. The Labute approximate surface area is 117 Å². The average molecular weight is 258 g/mol. The van der Waals surface area contributed by atoms with Gasteiger partial charge in [0.1, 0.15) is 0 Å². The largest absolute Gasteiger partial charge is 0.298 e. The van der Waals surface area contributed by atoms with E-state index in [2.05, 4.69) is 49.4 Å². The molecule has 4 aromatic carbocycles. The molecule has 0 atom stereocenters. The van der Waals surface area contributed by atoms with Gasteiger partial charge >= 0.3 is 0 Å². The van der Waals surface area contributed by atoms with Crippen LogP contribution in [0.1, 0.15) is 22.8 Å². The Hall–Kier alpha value is -2.41. The normalized spacial score (nSPS) is 11.7. The zero-order valence-corrected chi connectivity index (χ0v) is 11.3. The van der Waals surface area contributed by atoms with Crippen LogP contribution in [0.25, 0.3) is 32.3 Å². The van der Waals surface area contributed by atoms with Crippen molar-refractivity contribution in [2.75, 3.05) is 0 Å². The molecule has 0 spiro atoms. The van der Waals surface area contributed by atoms with E-state index in [0.717, 1.165) is 23.7 Å². The molecule has 4 aromatic rings. The Balaban J connectivity index is 2.40. The third-order valence-corrected chi connectivity index (χ3v) is 4.27. The molecule has 0 radical (unpaired) electrons. The van der Waals surface area contributed by atoms with E-state index >= 15 is 0 Å². The zero-order valence-electron chi connectivity index (χ0n) is 11.3. The van der Waals surface area contributed by atoms with E-state index in [9.17, 15) is 4.79 Å². The number of rotatable bonds is 2. The lowest BCUT2D eigenvalue weighted by molar-refractivity contribution is 0.112. The minimum atomic E-state index is 0.799. The Morgan fingerprint density at radius 2 is 1.60 bits per heavy atom. The molecule has 0 saturated carbocycles. The molecule has 1 heteroatoms. The summed E-state index contributed by atoms with van der Waals surface area (Å²) in [7, 11) is 0. The summed E-state index contributed by atoms with van der Waals surface area (Å²) in [4.78, 5) is 11.4. The second kappa shape index (κ2) is 4.04. The van der Waals surface area contributed by atoms with Crippen molar-refractivity contribution in [1.29, 1.82) is 0 Å². The zero-order chi connectivity index (χ0) is 13.7. The third-order valence-electron chi connectivity index (χ3n) is 4.27. The molecular weight excluding hydrogens is 244 g/mol. The van der Waals surface area contributed by atoms with Crippen LogP contribution in [0, 0.1) is 0 Å². The van der Waals surface area contributed by atoms with E-state index < -0.39 is 0 Å². The van der Waals surface area contributed by atoms with E-state index in [0.29, 0.717) is 0 Å². The first-order valence-electron chi connectivity index (χ1n) is 6.98. The molecule has 0 aliphatic heterocycles. The fourth-order valence-corrected chi connectivity index (χ4v) is 3.32. The molecule has 4 rings (SSSR count). The summed E-state index contributed by atoms with van der Waals surface area (Å²) in [6.07, 6.45) is 1.92. The van der Waals surface area contributed by atoms with Crippen LogP contribution < -0.4 is 0 Å².